The molecule has 0 aliphatic rings. The third kappa shape index (κ3) is 32.6. The molecule has 2 heteroatoms. The summed E-state index contributed by atoms with van der Waals surface area (Å²) in [4.78, 5) is 0. The maximum Gasteiger partial charge on any atom is 0.256 e. The number of rotatable bonds is 44. The first-order chi connectivity index (χ1) is 25.8. The molecule has 0 spiro atoms. The Labute approximate surface area is 329 Å². The van der Waals surface area contributed by atoms with E-state index in [1.165, 1.54) is 283 Å². The smallest absolute Gasteiger partial charge is 0.234 e. The molecule has 0 radical (unpaired) electrons. The molecule has 308 valence electrons. The predicted molar refractivity (Wildman–Crippen MR) is 235 cm³/mol. The van der Waals surface area contributed by atoms with Gasteiger partial charge >= 0.3 is 0 Å². The molecule has 0 aromatic carbocycles. The van der Waals surface area contributed by atoms with Gasteiger partial charge < -0.3 is 0 Å². The zero-order valence-corrected chi connectivity index (χ0v) is 36.7. The minimum Gasteiger partial charge on any atom is -0.234 e. The first-order valence-corrected chi connectivity index (χ1v) is 24.9. The fraction of sp³-hybridized carbons (Fsp3) is 0.940. The Morgan fingerprint density at radius 3 is 0.923 bits per heavy atom. The summed E-state index contributed by atoms with van der Waals surface area (Å²) in [6.07, 6.45) is 65.3. The lowest BCUT2D eigenvalue weighted by Gasteiger charge is -2.07. The van der Waals surface area contributed by atoms with E-state index in [-0.39, 0.29) is 0 Å². The molecular formula is C50H99N2+. The normalized spacial score (nSPS) is 11.7. The third-order valence-corrected chi connectivity index (χ3v) is 12.1. The van der Waals surface area contributed by atoms with E-state index < -0.39 is 0 Å². The zero-order chi connectivity index (χ0) is 37.3. The molecule has 0 aliphatic heterocycles. The summed E-state index contributed by atoms with van der Waals surface area (Å²) in [6.45, 7) is 9.42. The molecule has 0 saturated carbocycles. The molecule has 52 heavy (non-hydrogen) atoms. The van der Waals surface area contributed by atoms with Crippen LogP contribution in [0.2, 0.25) is 0 Å². The molecule has 0 fully saturated rings. The van der Waals surface area contributed by atoms with Crippen LogP contribution in [-0.2, 0) is 19.5 Å². The number of unbranched alkanes of at least 4 members (excludes halogenated alkanes) is 38. The van der Waals surface area contributed by atoms with Crippen LogP contribution in [0.1, 0.15) is 290 Å². The summed E-state index contributed by atoms with van der Waals surface area (Å²) >= 11 is 0. The summed E-state index contributed by atoms with van der Waals surface area (Å²) in [7, 11) is 0. The molecule has 0 atom stereocenters. The quantitative estimate of drug-likeness (QED) is 0.0467. The van der Waals surface area contributed by atoms with Gasteiger partial charge in [-0.1, -0.05) is 252 Å². The van der Waals surface area contributed by atoms with Crippen LogP contribution >= 0.6 is 0 Å². The van der Waals surface area contributed by atoms with Gasteiger partial charge in [0.1, 0.15) is 12.4 Å². The second-order valence-corrected chi connectivity index (χ2v) is 17.3. The van der Waals surface area contributed by atoms with Crippen LogP contribution in [0.5, 0.6) is 0 Å². The SMILES string of the molecule is CCCCCCCCCCCCCCCCCCn1cc[n+](CCCCCCCCCCCCCCCCC)c1CCCCCCCCCCCC. The summed E-state index contributed by atoms with van der Waals surface area (Å²) < 4.78 is 5.31. The number of hydrogen-bond acceptors (Lipinski definition) is 0. The second-order valence-electron chi connectivity index (χ2n) is 17.3. The summed E-state index contributed by atoms with van der Waals surface area (Å²) in [6, 6.07) is 0. The van der Waals surface area contributed by atoms with Crippen molar-refractivity contribution in [1.29, 1.82) is 0 Å². The summed E-state index contributed by atoms with van der Waals surface area (Å²) in [5.74, 6) is 1.63. The van der Waals surface area contributed by atoms with E-state index in [9.17, 15) is 0 Å². The average molecular weight is 728 g/mol. The highest BCUT2D eigenvalue weighted by molar-refractivity contribution is 4.84. The van der Waals surface area contributed by atoms with Gasteiger partial charge in [-0.25, -0.2) is 9.13 Å². The number of imidazole rings is 1. The highest BCUT2D eigenvalue weighted by Gasteiger charge is 2.16. The number of hydrogen-bond donors (Lipinski definition) is 0. The van der Waals surface area contributed by atoms with E-state index in [0.29, 0.717) is 0 Å². The van der Waals surface area contributed by atoms with E-state index >= 15 is 0 Å². The molecule has 0 unspecified atom stereocenters. The van der Waals surface area contributed by atoms with E-state index in [1.807, 2.05) is 0 Å². The third-order valence-electron chi connectivity index (χ3n) is 12.1. The number of nitrogens with zero attached hydrogens (tertiary/aromatic N) is 2. The largest absolute Gasteiger partial charge is 0.256 e. The molecule has 2 nitrogen and oxygen atoms in total. The van der Waals surface area contributed by atoms with Crippen molar-refractivity contribution in [3.8, 4) is 0 Å². The first kappa shape index (κ1) is 49.2. The lowest BCUT2D eigenvalue weighted by molar-refractivity contribution is -0.704. The van der Waals surface area contributed by atoms with Gasteiger partial charge in [-0.15, -0.1) is 0 Å². The van der Waals surface area contributed by atoms with Crippen molar-refractivity contribution < 1.29 is 4.57 Å². The van der Waals surface area contributed by atoms with Crippen LogP contribution in [0.3, 0.4) is 0 Å². The highest BCUT2D eigenvalue weighted by Crippen LogP contribution is 2.17. The molecule has 0 N–H and O–H groups in total. The van der Waals surface area contributed by atoms with Gasteiger partial charge in [-0.3, -0.25) is 0 Å². The molecule has 0 amide bonds. The Balaban J connectivity index is 2.23. The van der Waals surface area contributed by atoms with E-state index in [0.717, 1.165) is 0 Å². The minimum absolute atomic E-state index is 1.23. The van der Waals surface area contributed by atoms with Crippen molar-refractivity contribution in [2.24, 2.45) is 0 Å². The van der Waals surface area contributed by atoms with Crippen molar-refractivity contribution in [2.45, 2.75) is 304 Å². The zero-order valence-electron chi connectivity index (χ0n) is 36.7. The predicted octanol–water partition coefficient (Wildman–Crippen LogP) is 17.4. The lowest BCUT2D eigenvalue weighted by Crippen LogP contribution is -2.37. The first-order valence-electron chi connectivity index (χ1n) is 24.9. The topological polar surface area (TPSA) is 8.81 Å². The molecule has 0 aliphatic carbocycles. The Morgan fingerprint density at radius 1 is 0.327 bits per heavy atom. The fourth-order valence-electron chi connectivity index (χ4n) is 8.45. The summed E-state index contributed by atoms with van der Waals surface area (Å²) in [5.41, 5.74) is 0. The fourth-order valence-corrected chi connectivity index (χ4v) is 8.45. The van der Waals surface area contributed by atoms with Crippen molar-refractivity contribution in [1.82, 2.24) is 4.57 Å². The molecular weight excluding hydrogens is 629 g/mol. The molecule has 0 bridgehead atoms. The van der Waals surface area contributed by atoms with Crippen LogP contribution < -0.4 is 4.57 Å². The average Bonchev–Trinajstić information content (AvgIpc) is 3.54. The van der Waals surface area contributed by atoms with Crippen LogP contribution in [0.15, 0.2) is 12.4 Å². The van der Waals surface area contributed by atoms with Crippen LogP contribution in [-0.4, -0.2) is 4.57 Å². The molecule has 1 aromatic rings. The Kier molecular flexibility index (Phi) is 39.2. The van der Waals surface area contributed by atoms with Crippen molar-refractivity contribution in [3.63, 3.8) is 0 Å². The van der Waals surface area contributed by atoms with Crippen LogP contribution in [0, 0.1) is 0 Å². The number of aryl methyl sites for hydroxylation is 2. The van der Waals surface area contributed by atoms with Gasteiger partial charge in [0.15, 0.2) is 0 Å². The van der Waals surface area contributed by atoms with Crippen LogP contribution in [0.4, 0.5) is 0 Å². The molecule has 0 saturated heterocycles. The van der Waals surface area contributed by atoms with Crippen molar-refractivity contribution in [2.75, 3.05) is 0 Å². The highest BCUT2D eigenvalue weighted by atomic mass is 15.1. The number of aromatic nitrogens is 2. The Morgan fingerprint density at radius 2 is 0.596 bits per heavy atom. The maximum atomic E-state index is 2.66. The Bertz CT molecular complexity index is 796. The van der Waals surface area contributed by atoms with Gasteiger partial charge in [-0.05, 0) is 32.1 Å². The van der Waals surface area contributed by atoms with Crippen LogP contribution in [0.25, 0.3) is 0 Å². The molecule has 1 heterocycles. The monoisotopic (exact) mass is 728 g/mol. The lowest BCUT2D eigenvalue weighted by atomic mass is 10.0. The van der Waals surface area contributed by atoms with Crippen molar-refractivity contribution in [3.05, 3.63) is 18.2 Å². The van der Waals surface area contributed by atoms with Gasteiger partial charge in [0.05, 0.1) is 13.1 Å². The van der Waals surface area contributed by atoms with E-state index in [2.05, 4.69) is 42.3 Å². The minimum atomic E-state index is 1.23. The standard InChI is InChI=1S/C50H99N2/c1-4-7-10-13-16-19-22-24-26-28-30-32-35-38-41-44-47-52-49-48-51(50(52)45-42-39-36-33-21-18-15-12-9-6-3)46-43-40-37-34-31-29-27-25-23-20-17-14-11-8-5-2/h48-49H,4-47H2,1-3H3/q+1. The van der Waals surface area contributed by atoms with E-state index in [1.54, 1.807) is 5.82 Å². The second kappa shape index (κ2) is 41.4. The Hall–Kier alpha value is -0.790. The molecule has 1 rings (SSSR count). The van der Waals surface area contributed by atoms with Gasteiger partial charge in [-0.2, -0.15) is 0 Å². The van der Waals surface area contributed by atoms with Crippen molar-refractivity contribution >= 4 is 0 Å². The van der Waals surface area contributed by atoms with E-state index in [4.69, 9.17) is 0 Å². The maximum absolute atomic E-state index is 2.66. The summed E-state index contributed by atoms with van der Waals surface area (Å²) in [5, 5.41) is 0. The van der Waals surface area contributed by atoms with Gasteiger partial charge in [0, 0.05) is 6.42 Å². The molecule has 1 aromatic heterocycles. The van der Waals surface area contributed by atoms with Gasteiger partial charge in [0.2, 0.25) is 0 Å². The van der Waals surface area contributed by atoms with Gasteiger partial charge in [0.25, 0.3) is 5.82 Å².